The lowest BCUT2D eigenvalue weighted by atomic mass is 10.2. The molecule has 0 fully saturated rings. The summed E-state index contributed by atoms with van der Waals surface area (Å²) < 4.78 is 44.0. The van der Waals surface area contributed by atoms with Crippen LogP contribution in [0.1, 0.15) is 17.3 Å². The van der Waals surface area contributed by atoms with E-state index in [2.05, 4.69) is 15.2 Å². The molecule has 3 aromatic rings. The summed E-state index contributed by atoms with van der Waals surface area (Å²) in [6, 6.07) is 9.31. The standard InChI is InChI=1S/C14H12F3N5OS/c1-8-10(19-11(23-8)9-5-3-2-4-6-9)7-24-13-21-20-12(22(13)18)14(15,16)17/h2-6H,7,18H2,1H3. The van der Waals surface area contributed by atoms with E-state index in [9.17, 15) is 13.2 Å². The lowest BCUT2D eigenvalue weighted by Gasteiger charge is -2.05. The third-order valence-electron chi connectivity index (χ3n) is 3.17. The molecule has 0 aliphatic rings. The molecular formula is C14H12F3N5OS. The Morgan fingerprint density at radius 3 is 2.54 bits per heavy atom. The number of halogens is 3. The maximum Gasteiger partial charge on any atom is 0.453 e. The smallest absolute Gasteiger partial charge is 0.441 e. The van der Waals surface area contributed by atoms with Gasteiger partial charge in [-0.2, -0.15) is 13.2 Å². The highest BCUT2D eigenvalue weighted by Crippen LogP contribution is 2.30. The molecule has 0 spiro atoms. The lowest BCUT2D eigenvalue weighted by Crippen LogP contribution is -2.21. The van der Waals surface area contributed by atoms with Crippen LogP contribution < -0.4 is 5.84 Å². The highest BCUT2D eigenvalue weighted by molar-refractivity contribution is 7.98. The first-order valence-corrected chi connectivity index (χ1v) is 7.77. The van der Waals surface area contributed by atoms with Gasteiger partial charge >= 0.3 is 6.18 Å². The molecule has 2 aromatic heterocycles. The van der Waals surface area contributed by atoms with Crippen LogP contribution in [0.4, 0.5) is 13.2 Å². The Morgan fingerprint density at radius 1 is 1.21 bits per heavy atom. The van der Waals surface area contributed by atoms with Gasteiger partial charge in [-0.3, -0.25) is 0 Å². The van der Waals surface area contributed by atoms with E-state index in [1.54, 1.807) is 6.92 Å². The number of thioether (sulfide) groups is 1. The van der Waals surface area contributed by atoms with Crippen molar-refractivity contribution in [1.29, 1.82) is 0 Å². The summed E-state index contributed by atoms with van der Waals surface area (Å²) in [6.45, 7) is 1.74. The zero-order valence-corrected chi connectivity index (χ0v) is 13.2. The van der Waals surface area contributed by atoms with E-state index in [1.165, 1.54) is 0 Å². The molecule has 2 heterocycles. The number of nitrogens with two attached hydrogens (primary N) is 1. The topological polar surface area (TPSA) is 82.8 Å². The number of nitrogen functional groups attached to an aromatic ring is 1. The van der Waals surface area contributed by atoms with Gasteiger partial charge in [-0.1, -0.05) is 30.0 Å². The SMILES string of the molecule is Cc1oc(-c2ccccc2)nc1CSc1nnc(C(F)(F)F)n1N. The van der Waals surface area contributed by atoms with E-state index in [4.69, 9.17) is 10.3 Å². The molecule has 6 nitrogen and oxygen atoms in total. The summed E-state index contributed by atoms with van der Waals surface area (Å²) in [6.07, 6.45) is -4.65. The first kappa shape index (κ1) is 16.4. The number of benzene rings is 1. The quantitative estimate of drug-likeness (QED) is 0.571. The van der Waals surface area contributed by atoms with Crippen LogP contribution in [0, 0.1) is 6.92 Å². The van der Waals surface area contributed by atoms with Crippen LogP contribution >= 0.6 is 11.8 Å². The Morgan fingerprint density at radius 2 is 1.92 bits per heavy atom. The van der Waals surface area contributed by atoms with E-state index in [0.29, 0.717) is 22.0 Å². The molecule has 0 aliphatic carbocycles. The molecule has 0 bridgehead atoms. The minimum Gasteiger partial charge on any atom is -0.441 e. The van der Waals surface area contributed by atoms with Crippen LogP contribution in [0.15, 0.2) is 39.9 Å². The largest absolute Gasteiger partial charge is 0.453 e. The maximum absolute atomic E-state index is 12.6. The minimum absolute atomic E-state index is 0.0500. The fourth-order valence-corrected chi connectivity index (χ4v) is 2.83. The first-order valence-electron chi connectivity index (χ1n) is 6.78. The zero-order chi connectivity index (χ0) is 17.3. The van der Waals surface area contributed by atoms with E-state index in [1.807, 2.05) is 30.3 Å². The number of alkyl halides is 3. The van der Waals surface area contributed by atoms with E-state index in [0.717, 1.165) is 17.3 Å². The monoisotopic (exact) mass is 355 g/mol. The van der Waals surface area contributed by atoms with Crippen molar-refractivity contribution in [2.45, 2.75) is 24.0 Å². The van der Waals surface area contributed by atoms with Crippen LogP contribution in [-0.4, -0.2) is 19.9 Å². The van der Waals surface area contributed by atoms with Crippen LogP contribution in [0.5, 0.6) is 0 Å². The highest BCUT2D eigenvalue weighted by Gasteiger charge is 2.38. The van der Waals surface area contributed by atoms with Crippen molar-refractivity contribution in [2.75, 3.05) is 5.84 Å². The maximum atomic E-state index is 12.6. The van der Waals surface area contributed by atoms with Crippen LogP contribution in [0.3, 0.4) is 0 Å². The number of hydrogen-bond acceptors (Lipinski definition) is 6. The van der Waals surface area contributed by atoms with Crippen LogP contribution in [0.25, 0.3) is 11.5 Å². The number of rotatable bonds is 4. The Kier molecular flexibility index (Phi) is 4.22. The average molecular weight is 355 g/mol. The second-order valence-corrected chi connectivity index (χ2v) is 5.79. The fraction of sp³-hybridized carbons (Fsp3) is 0.214. The van der Waals surface area contributed by atoms with E-state index < -0.39 is 12.0 Å². The van der Waals surface area contributed by atoms with Crippen molar-refractivity contribution in [1.82, 2.24) is 19.9 Å². The fourth-order valence-electron chi connectivity index (χ4n) is 1.97. The normalized spacial score (nSPS) is 11.8. The summed E-state index contributed by atoms with van der Waals surface area (Å²) >= 11 is 1.00. The van der Waals surface area contributed by atoms with Crippen molar-refractivity contribution >= 4 is 11.8 Å². The van der Waals surface area contributed by atoms with Gasteiger partial charge in [0, 0.05) is 11.3 Å². The number of aryl methyl sites for hydroxylation is 1. The third kappa shape index (κ3) is 3.23. The average Bonchev–Trinajstić information content (AvgIpc) is 3.09. The van der Waals surface area contributed by atoms with Gasteiger partial charge < -0.3 is 10.3 Å². The number of oxazole rings is 1. The third-order valence-corrected chi connectivity index (χ3v) is 4.12. The van der Waals surface area contributed by atoms with Gasteiger partial charge in [-0.05, 0) is 19.1 Å². The molecule has 0 radical (unpaired) electrons. The van der Waals surface area contributed by atoms with Gasteiger partial charge in [0.25, 0.3) is 5.82 Å². The van der Waals surface area contributed by atoms with Gasteiger partial charge in [0.05, 0.1) is 5.69 Å². The van der Waals surface area contributed by atoms with Gasteiger partial charge in [-0.15, -0.1) is 10.2 Å². The van der Waals surface area contributed by atoms with Crippen molar-refractivity contribution < 1.29 is 17.6 Å². The summed E-state index contributed by atoms with van der Waals surface area (Å²) in [4.78, 5) is 4.37. The Bertz CT molecular complexity index is 844. The van der Waals surface area contributed by atoms with E-state index in [-0.39, 0.29) is 10.9 Å². The van der Waals surface area contributed by atoms with E-state index >= 15 is 0 Å². The summed E-state index contributed by atoms with van der Waals surface area (Å²) in [5.41, 5.74) is 1.42. The Hall–Kier alpha value is -2.49. The lowest BCUT2D eigenvalue weighted by molar-refractivity contribution is -0.146. The first-order chi connectivity index (χ1) is 11.4. The summed E-state index contributed by atoms with van der Waals surface area (Å²) in [7, 11) is 0. The predicted octanol–water partition coefficient (Wildman–Crippen LogP) is 3.27. The Balaban J connectivity index is 1.76. The molecule has 0 unspecified atom stereocenters. The van der Waals surface area contributed by atoms with Crippen molar-refractivity contribution in [2.24, 2.45) is 0 Å². The second kappa shape index (κ2) is 6.19. The Labute approximate surface area is 138 Å². The molecule has 0 aliphatic heterocycles. The van der Waals surface area contributed by atoms with Crippen molar-refractivity contribution in [3.63, 3.8) is 0 Å². The number of hydrogen-bond donors (Lipinski definition) is 1. The summed E-state index contributed by atoms with van der Waals surface area (Å²) in [5, 5.41) is 6.49. The molecule has 0 atom stereocenters. The molecule has 2 N–H and O–H groups in total. The second-order valence-electron chi connectivity index (χ2n) is 4.85. The molecule has 0 saturated heterocycles. The van der Waals surface area contributed by atoms with Crippen molar-refractivity contribution in [3.8, 4) is 11.5 Å². The molecule has 24 heavy (non-hydrogen) atoms. The predicted molar refractivity (Wildman–Crippen MR) is 81.4 cm³/mol. The molecule has 0 saturated carbocycles. The van der Waals surface area contributed by atoms with Gasteiger partial charge in [-0.25, -0.2) is 9.66 Å². The number of nitrogens with zero attached hydrogens (tertiary/aromatic N) is 4. The van der Waals surface area contributed by atoms with Crippen LogP contribution in [0.2, 0.25) is 0 Å². The van der Waals surface area contributed by atoms with Gasteiger partial charge in [0.1, 0.15) is 5.76 Å². The summed E-state index contributed by atoms with van der Waals surface area (Å²) in [5.74, 6) is 5.45. The molecule has 126 valence electrons. The molecule has 0 amide bonds. The molecule has 1 aromatic carbocycles. The van der Waals surface area contributed by atoms with Gasteiger partial charge in [0.2, 0.25) is 11.0 Å². The number of aromatic nitrogens is 4. The minimum atomic E-state index is -4.65. The van der Waals surface area contributed by atoms with Crippen LogP contribution in [-0.2, 0) is 11.9 Å². The zero-order valence-electron chi connectivity index (χ0n) is 12.4. The molecule has 10 heteroatoms. The highest BCUT2D eigenvalue weighted by atomic mass is 32.2. The van der Waals surface area contributed by atoms with Gasteiger partial charge in [0.15, 0.2) is 0 Å². The molecular weight excluding hydrogens is 343 g/mol. The van der Waals surface area contributed by atoms with Crippen molar-refractivity contribution in [3.05, 3.63) is 47.6 Å². The molecule has 3 rings (SSSR count).